The first-order chi connectivity index (χ1) is 17.4. The minimum absolute atomic E-state index is 0.00246. The Balaban J connectivity index is 1.72. The molecule has 1 aromatic heterocycles. The average molecular weight is 488 g/mol. The first kappa shape index (κ1) is 25.9. The Kier molecular flexibility index (Phi) is 8.09. The van der Waals surface area contributed by atoms with Crippen LogP contribution in [0, 0.1) is 0 Å². The lowest BCUT2D eigenvalue weighted by molar-refractivity contribution is 0.0642. The van der Waals surface area contributed by atoms with Crippen LogP contribution in [0.3, 0.4) is 0 Å². The van der Waals surface area contributed by atoms with E-state index in [9.17, 15) is 0 Å². The molecular formula is C29H41N7. The normalized spacial score (nSPS) is 21.8. The topological polar surface area (TPSA) is 69.2 Å². The number of unbranched alkanes of at least 4 members (excludes halogenated alkanes) is 1. The van der Waals surface area contributed by atoms with Gasteiger partial charge in [0.2, 0.25) is 17.8 Å². The second-order valence-corrected chi connectivity index (χ2v) is 10.1. The summed E-state index contributed by atoms with van der Waals surface area (Å²) in [5, 5.41) is 6.51. The highest BCUT2D eigenvalue weighted by Crippen LogP contribution is 2.51. The molecule has 1 saturated carbocycles. The van der Waals surface area contributed by atoms with E-state index in [0.29, 0.717) is 17.8 Å². The number of nitrogens with one attached hydrogen (secondary N) is 2. The van der Waals surface area contributed by atoms with Gasteiger partial charge in [0.1, 0.15) is 0 Å². The summed E-state index contributed by atoms with van der Waals surface area (Å²) < 4.78 is 0. The summed E-state index contributed by atoms with van der Waals surface area (Å²) in [5.74, 6) is 1.89. The number of hydrogen-bond donors (Lipinski definition) is 2. The maximum atomic E-state index is 4.87. The van der Waals surface area contributed by atoms with E-state index in [4.69, 9.17) is 9.97 Å². The summed E-state index contributed by atoms with van der Waals surface area (Å²) in [6, 6.07) is 21.8. The van der Waals surface area contributed by atoms with Crippen LogP contribution in [0.25, 0.3) is 0 Å². The number of hydrogen-bond acceptors (Lipinski definition) is 7. The van der Waals surface area contributed by atoms with Gasteiger partial charge < -0.3 is 15.5 Å². The average Bonchev–Trinajstić information content (AvgIpc) is 2.93. The molecule has 0 saturated heterocycles. The van der Waals surface area contributed by atoms with E-state index in [-0.39, 0.29) is 11.1 Å². The van der Waals surface area contributed by atoms with Gasteiger partial charge in [-0.3, -0.25) is 4.90 Å². The van der Waals surface area contributed by atoms with Gasteiger partial charge in [0.15, 0.2) is 0 Å². The standard InChI is InChI=1S/C29H41N7/c1-6-7-22-31-26-32-25(30-2)33-27(34-26)36(5)29(24-16-12-9-13-17-24)20-18-28(19-21-29,35(3)4)23-14-10-8-11-15-23/h8-17H,6-7,18-22H2,1-5H3,(H2,30,31,32,33,34). The van der Waals surface area contributed by atoms with Gasteiger partial charge in [-0.1, -0.05) is 74.0 Å². The molecule has 1 fully saturated rings. The van der Waals surface area contributed by atoms with Crippen molar-refractivity contribution >= 4 is 17.8 Å². The van der Waals surface area contributed by atoms with Gasteiger partial charge in [-0.15, -0.1) is 0 Å². The Morgan fingerprint density at radius 3 is 1.81 bits per heavy atom. The van der Waals surface area contributed by atoms with Crippen LogP contribution in [0.1, 0.15) is 56.6 Å². The van der Waals surface area contributed by atoms with E-state index in [1.807, 2.05) is 7.05 Å². The quantitative estimate of drug-likeness (QED) is 0.367. The van der Waals surface area contributed by atoms with Crippen LogP contribution in [0.5, 0.6) is 0 Å². The minimum Gasteiger partial charge on any atom is -0.357 e. The van der Waals surface area contributed by atoms with Crippen LogP contribution in [-0.2, 0) is 11.1 Å². The lowest BCUT2D eigenvalue weighted by atomic mass is 9.66. The zero-order valence-electron chi connectivity index (χ0n) is 22.5. The molecule has 0 aliphatic heterocycles. The molecule has 1 aliphatic rings. The third-order valence-electron chi connectivity index (χ3n) is 7.99. The largest absolute Gasteiger partial charge is 0.357 e. The van der Waals surface area contributed by atoms with E-state index in [1.165, 1.54) is 11.1 Å². The van der Waals surface area contributed by atoms with Gasteiger partial charge in [-0.25, -0.2) is 0 Å². The SMILES string of the molecule is CCCCNc1nc(NC)nc(N(C)C2(c3ccccc3)CCC(c3ccccc3)(N(C)C)CC2)n1. The molecule has 0 spiro atoms. The van der Waals surface area contributed by atoms with Crippen molar-refractivity contribution in [2.75, 3.05) is 50.3 Å². The Hall–Kier alpha value is -3.19. The van der Waals surface area contributed by atoms with Crippen LogP contribution in [0.15, 0.2) is 60.7 Å². The van der Waals surface area contributed by atoms with Crippen LogP contribution in [0.4, 0.5) is 17.8 Å². The Labute approximate surface area is 216 Å². The Bertz CT molecular complexity index is 1090. The minimum atomic E-state index is -0.220. The fraction of sp³-hybridized carbons (Fsp3) is 0.483. The summed E-state index contributed by atoms with van der Waals surface area (Å²) >= 11 is 0. The molecule has 1 heterocycles. The number of aromatic nitrogens is 3. The number of nitrogens with zero attached hydrogens (tertiary/aromatic N) is 5. The van der Waals surface area contributed by atoms with Gasteiger partial charge >= 0.3 is 0 Å². The van der Waals surface area contributed by atoms with E-state index < -0.39 is 0 Å². The van der Waals surface area contributed by atoms with Crippen LogP contribution < -0.4 is 15.5 Å². The second kappa shape index (κ2) is 11.2. The third kappa shape index (κ3) is 5.03. The molecule has 4 rings (SSSR count). The van der Waals surface area contributed by atoms with E-state index in [2.05, 4.69) is 114 Å². The fourth-order valence-corrected chi connectivity index (χ4v) is 5.66. The molecule has 3 aromatic rings. The molecule has 0 atom stereocenters. The predicted octanol–water partition coefficient (Wildman–Crippen LogP) is 5.49. The Morgan fingerprint density at radius 1 is 0.750 bits per heavy atom. The summed E-state index contributed by atoms with van der Waals surface area (Å²) in [4.78, 5) is 18.9. The monoisotopic (exact) mass is 487 g/mol. The third-order valence-corrected chi connectivity index (χ3v) is 7.99. The zero-order valence-corrected chi connectivity index (χ0v) is 22.5. The van der Waals surface area contributed by atoms with Crippen LogP contribution in [0.2, 0.25) is 0 Å². The fourth-order valence-electron chi connectivity index (χ4n) is 5.66. The molecule has 0 bridgehead atoms. The lowest BCUT2D eigenvalue weighted by Crippen LogP contribution is -2.54. The van der Waals surface area contributed by atoms with Gasteiger partial charge in [-0.05, 0) is 57.3 Å². The molecule has 36 heavy (non-hydrogen) atoms. The van der Waals surface area contributed by atoms with E-state index in [0.717, 1.165) is 45.1 Å². The maximum Gasteiger partial charge on any atom is 0.232 e. The summed E-state index contributed by atoms with van der Waals surface area (Å²) in [5.41, 5.74) is 2.48. The molecule has 0 radical (unpaired) electrons. The van der Waals surface area contributed by atoms with Crippen molar-refractivity contribution in [3.63, 3.8) is 0 Å². The van der Waals surface area contributed by atoms with Crippen molar-refractivity contribution in [1.29, 1.82) is 0 Å². The molecule has 0 unspecified atom stereocenters. The van der Waals surface area contributed by atoms with Crippen molar-refractivity contribution < 1.29 is 0 Å². The number of benzene rings is 2. The van der Waals surface area contributed by atoms with Gasteiger partial charge in [-0.2, -0.15) is 15.0 Å². The van der Waals surface area contributed by atoms with E-state index >= 15 is 0 Å². The summed E-state index contributed by atoms with van der Waals surface area (Å²) in [6.45, 7) is 3.03. The van der Waals surface area contributed by atoms with Gasteiger partial charge in [0, 0.05) is 26.2 Å². The maximum absolute atomic E-state index is 4.87. The predicted molar refractivity (Wildman–Crippen MR) is 150 cm³/mol. The van der Waals surface area contributed by atoms with Gasteiger partial charge in [0.25, 0.3) is 0 Å². The lowest BCUT2D eigenvalue weighted by Gasteiger charge is -2.53. The molecule has 2 aromatic carbocycles. The second-order valence-electron chi connectivity index (χ2n) is 10.1. The number of anilines is 3. The molecule has 7 nitrogen and oxygen atoms in total. The highest BCUT2D eigenvalue weighted by Gasteiger charge is 2.48. The summed E-state index contributed by atoms with van der Waals surface area (Å²) in [6.07, 6.45) is 6.24. The van der Waals surface area contributed by atoms with Crippen molar-refractivity contribution in [2.45, 2.75) is 56.5 Å². The summed E-state index contributed by atoms with van der Waals surface area (Å²) in [7, 11) is 8.42. The van der Waals surface area contributed by atoms with Crippen molar-refractivity contribution in [3.8, 4) is 0 Å². The molecule has 7 heteroatoms. The van der Waals surface area contributed by atoms with Crippen LogP contribution >= 0.6 is 0 Å². The first-order valence-corrected chi connectivity index (χ1v) is 13.2. The molecule has 192 valence electrons. The Morgan fingerprint density at radius 2 is 1.28 bits per heavy atom. The van der Waals surface area contributed by atoms with Crippen molar-refractivity contribution in [1.82, 2.24) is 19.9 Å². The smallest absolute Gasteiger partial charge is 0.232 e. The molecule has 0 amide bonds. The van der Waals surface area contributed by atoms with Gasteiger partial charge in [0.05, 0.1) is 5.54 Å². The molecular weight excluding hydrogens is 446 g/mol. The highest BCUT2D eigenvalue weighted by molar-refractivity contribution is 5.48. The first-order valence-electron chi connectivity index (χ1n) is 13.2. The van der Waals surface area contributed by atoms with E-state index in [1.54, 1.807) is 0 Å². The zero-order chi connectivity index (χ0) is 25.6. The van der Waals surface area contributed by atoms with Crippen LogP contribution in [-0.4, -0.2) is 54.6 Å². The highest BCUT2D eigenvalue weighted by atomic mass is 15.3. The number of rotatable bonds is 10. The van der Waals surface area contributed by atoms with Crippen molar-refractivity contribution in [2.24, 2.45) is 0 Å². The van der Waals surface area contributed by atoms with Crippen molar-refractivity contribution in [3.05, 3.63) is 71.8 Å². The molecule has 2 N–H and O–H groups in total. The molecule has 1 aliphatic carbocycles.